The van der Waals surface area contributed by atoms with E-state index in [1.807, 2.05) is 0 Å². The van der Waals surface area contributed by atoms with Gasteiger partial charge in [0.1, 0.15) is 0 Å². The van der Waals surface area contributed by atoms with Gasteiger partial charge in [0.15, 0.2) is 0 Å². The molecular formula is C21H23N3O4S. The van der Waals surface area contributed by atoms with Crippen LogP contribution in [0.4, 0.5) is 5.69 Å². The number of likely N-dealkylation sites (tertiary alicyclic amines) is 1. The third-order valence-electron chi connectivity index (χ3n) is 5.70. The summed E-state index contributed by atoms with van der Waals surface area (Å²) in [4.78, 5) is 26.1. The van der Waals surface area contributed by atoms with Gasteiger partial charge < -0.3 is 10.6 Å². The third-order valence-corrected chi connectivity index (χ3v) is 7.52. The smallest absolute Gasteiger partial charge is 0.264 e. The normalized spacial score (nSPS) is 17.2. The molecule has 2 aromatic rings. The van der Waals surface area contributed by atoms with Gasteiger partial charge >= 0.3 is 0 Å². The number of benzene rings is 2. The molecular weight excluding hydrogens is 390 g/mol. The second kappa shape index (κ2) is 7.51. The van der Waals surface area contributed by atoms with Gasteiger partial charge in [-0.2, -0.15) is 0 Å². The standard InChI is InChI=1S/C21H23N3O4S/c22-20(25)15-8-11-23(12-9-15)21(26)17-6-7-19-16(14-17)10-13-24(19)29(27,28)18-4-2-1-3-5-18/h1-7,14-15H,8-13H2,(H2,22,25). The van der Waals surface area contributed by atoms with Crippen LogP contribution in [0.25, 0.3) is 0 Å². The van der Waals surface area contributed by atoms with Gasteiger partial charge in [-0.3, -0.25) is 13.9 Å². The average molecular weight is 413 g/mol. The Bertz CT molecular complexity index is 1040. The van der Waals surface area contributed by atoms with E-state index in [2.05, 4.69) is 0 Å². The number of anilines is 1. The molecule has 0 aliphatic carbocycles. The zero-order valence-electron chi connectivity index (χ0n) is 16.0. The molecule has 0 unspecified atom stereocenters. The number of fused-ring (bicyclic) bond motifs is 1. The summed E-state index contributed by atoms with van der Waals surface area (Å²) in [5.74, 6) is -0.578. The highest BCUT2D eigenvalue weighted by atomic mass is 32.2. The number of sulfonamides is 1. The van der Waals surface area contributed by atoms with E-state index < -0.39 is 10.0 Å². The molecule has 2 aliphatic heterocycles. The van der Waals surface area contributed by atoms with Crippen LogP contribution in [0.2, 0.25) is 0 Å². The zero-order valence-corrected chi connectivity index (χ0v) is 16.8. The first-order valence-corrected chi connectivity index (χ1v) is 11.1. The Morgan fingerprint density at radius 2 is 1.66 bits per heavy atom. The fourth-order valence-corrected chi connectivity index (χ4v) is 5.55. The van der Waals surface area contributed by atoms with Crippen LogP contribution in [0.15, 0.2) is 53.4 Å². The zero-order chi connectivity index (χ0) is 20.6. The highest BCUT2D eigenvalue weighted by molar-refractivity contribution is 7.92. The molecule has 0 spiro atoms. The lowest BCUT2D eigenvalue weighted by atomic mass is 9.95. The van der Waals surface area contributed by atoms with Crippen LogP contribution in [-0.2, 0) is 21.2 Å². The molecule has 0 atom stereocenters. The lowest BCUT2D eigenvalue weighted by molar-refractivity contribution is -0.123. The monoisotopic (exact) mass is 413 g/mol. The summed E-state index contributed by atoms with van der Waals surface area (Å²) in [7, 11) is -3.63. The van der Waals surface area contributed by atoms with E-state index in [-0.39, 0.29) is 22.6 Å². The molecule has 2 aromatic carbocycles. The number of carbonyl (C=O) groups excluding carboxylic acids is 2. The number of amides is 2. The summed E-state index contributed by atoms with van der Waals surface area (Å²) in [6, 6.07) is 13.5. The average Bonchev–Trinajstić information content (AvgIpc) is 3.18. The summed E-state index contributed by atoms with van der Waals surface area (Å²) < 4.78 is 27.3. The lowest BCUT2D eigenvalue weighted by Crippen LogP contribution is -2.41. The summed E-state index contributed by atoms with van der Waals surface area (Å²) >= 11 is 0. The van der Waals surface area contributed by atoms with Crippen molar-refractivity contribution in [1.82, 2.24) is 4.90 Å². The molecule has 2 aliphatic rings. The van der Waals surface area contributed by atoms with Crippen molar-refractivity contribution in [2.75, 3.05) is 23.9 Å². The van der Waals surface area contributed by atoms with Crippen molar-refractivity contribution in [3.05, 3.63) is 59.7 Å². The quantitative estimate of drug-likeness (QED) is 0.825. The van der Waals surface area contributed by atoms with Crippen molar-refractivity contribution in [2.45, 2.75) is 24.2 Å². The minimum atomic E-state index is -3.63. The molecule has 2 heterocycles. The van der Waals surface area contributed by atoms with Gasteiger partial charge in [0.25, 0.3) is 15.9 Å². The van der Waals surface area contributed by atoms with E-state index in [9.17, 15) is 18.0 Å². The Hall–Kier alpha value is -2.87. The number of carbonyl (C=O) groups is 2. The predicted octanol–water partition coefficient (Wildman–Crippen LogP) is 1.78. The van der Waals surface area contributed by atoms with Crippen LogP contribution < -0.4 is 10.0 Å². The first kappa shape index (κ1) is 19.4. The van der Waals surface area contributed by atoms with Crippen molar-refractivity contribution in [3.63, 3.8) is 0 Å². The van der Waals surface area contributed by atoms with Crippen LogP contribution in [-0.4, -0.2) is 44.8 Å². The number of hydrogen-bond acceptors (Lipinski definition) is 4. The molecule has 0 saturated carbocycles. The molecule has 2 N–H and O–H groups in total. The maximum absolute atomic E-state index is 13.0. The Labute approximate surface area is 170 Å². The Balaban J connectivity index is 1.53. The topological polar surface area (TPSA) is 101 Å². The van der Waals surface area contributed by atoms with Gasteiger partial charge in [-0.15, -0.1) is 0 Å². The van der Waals surface area contributed by atoms with Crippen LogP contribution >= 0.6 is 0 Å². The number of rotatable bonds is 4. The Kier molecular flexibility index (Phi) is 5.04. The number of hydrogen-bond donors (Lipinski definition) is 1. The van der Waals surface area contributed by atoms with Gasteiger partial charge in [-0.1, -0.05) is 18.2 Å². The molecule has 152 valence electrons. The van der Waals surface area contributed by atoms with Gasteiger partial charge in [-0.25, -0.2) is 8.42 Å². The second-order valence-corrected chi connectivity index (χ2v) is 9.31. The van der Waals surface area contributed by atoms with E-state index >= 15 is 0 Å². The molecule has 7 nitrogen and oxygen atoms in total. The van der Waals surface area contributed by atoms with Crippen molar-refractivity contribution in [1.29, 1.82) is 0 Å². The van der Waals surface area contributed by atoms with Crippen LogP contribution in [0.5, 0.6) is 0 Å². The van der Waals surface area contributed by atoms with Crippen molar-refractivity contribution >= 4 is 27.5 Å². The molecule has 4 rings (SSSR count). The highest BCUT2D eigenvalue weighted by Gasteiger charge is 2.32. The minimum absolute atomic E-state index is 0.0971. The Morgan fingerprint density at radius 3 is 2.31 bits per heavy atom. The largest absolute Gasteiger partial charge is 0.369 e. The van der Waals surface area contributed by atoms with Crippen molar-refractivity contribution in [3.8, 4) is 0 Å². The number of nitrogens with two attached hydrogens (primary N) is 1. The van der Waals surface area contributed by atoms with E-state index in [1.165, 1.54) is 4.31 Å². The molecule has 1 saturated heterocycles. The van der Waals surface area contributed by atoms with Crippen LogP contribution in [0.1, 0.15) is 28.8 Å². The van der Waals surface area contributed by atoms with Gasteiger partial charge in [-0.05, 0) is 55.2 Å². The molecule has 1 fully saturated rings. The summed E-state index contributed by atoms with van der Waals surface area (Å²) in [6.07, 6.45) is 1.72. The summed E-state index contributed by atoms with van der Waals surface area (Å²) in [5.41, 5.74) is 7.37. The fourth-order valence-electron chi connectivity index (χ4n) is 4.02. The van der Waals surface area contributed by atoms with Crippen molar-refractivity contribution < 1.29 is 18.0 Å². The van der Waals surface area contributed by atoms with Crippen molar-refractivity contribution in [2.24, 2.45) is 11.7 Å². The molecule has 29 heavy (non-hydrogen) atoms. The van der Waals surface area contributed by atoms with Crippen LogP contribution in [0, 0.1) is 5.92 Å². The molecule has 0 aromatic heterocycles. The van der Waals surface area contributed by atoms with Gasteiger partial charge in [0, 0.05) is 31.1 Å². The first-order valence-electron chi connectivity index (χ1n) is 9.67. The maximum Gasteiger partial charge on any atom is 0.264 e. The summed E-state index contributed by atoms with van der Waals surface area (Å²) in [6.45, 7) is 1.35. The van der Waals surface area contributed by atoms with E-state index in [1.54, 1.807) is 53.4 Å². The SMILES string of the molecule is NC(=O)C1CCN(C(=O)c2ccc3c(c2)CCN3S(=O)(=O)c2ccccc2)CC1. The number of piperidine rings is 1. The lowest BCUT2D eigenvalue weighted by Gasteiger charge is -2.30. The van der Waals surface area contributed by atoms with E-state index in [4.69, 9.17) is 5.73 Å². The molecule has 2 amide bonds. The maximum atomic E-state index is 13.0. The molecule has 0 bridgehead atoms. The second-order valence-electron chi connectivity index (χ2n) is 7.45. The van der Waals surface area contributed by atoms with E-state index in [0.29, 0.717) is 50.1 Å². The minimum Gasteiger partial charge on any atom is -0.369 e. The highest BCUT2D eigenvalue weighted by Crippen LogP contribution is 2.34. The number of nitrogens with zero attached hydrogens (tertiary/aromatic N) is 2. The predicted molar refractivity (Wildman–Crippen MR) is 109 cm³/mol. The fraction of sp³-hybridized carbons (Fsp3) is 0.333. The van der Waals surface area contributed by atoms with E-state index in [0.717, 1.165) is 5.56 Å². The molecule has 8 heteroatoms. The first-order chi connectivity index (χ1) is 13.9. The van der Waals surface area contributed by atoms with Crippen LogP contribution in [0.3, 0.4) is 0 Å². The van der Waals surface area contributed by atoms with Gasteiger partial charge in [0.2, 0.25) is 5.91 Å². The molecule has 0 radical (unpaired) electrons. The Morgan fingerprint density at radius 1 is 0.966 bits per heavy atom. The number of primary amides is 1. The van der Waals surface area contributed by atoms with Gasteiger partial charge in [0.05, 0.1) is 10.6 Å². The third kappa shape index (κ3) is 3.60. The summed E-state index contributed by atoms with van der Waals surface area (Å²) in [5, 5.41) is 0.